The van der Waals surface area contributed by atoms with E-state index in [0.29, 0.717) is 18.1 Å². The van der Waals surface area contributed by atoms with E-state index in [1.807, 2.05) is 6.92 Å². The molecule has 1 heterocycles. The van der Waals surface area contributed by atoms with Crippen LogP contribution in [0.5, 0.6) is 0 Å². The second kappa shape index (κ2) is 10.9. The lowest BCUT2D eigenvalue weighted by Gasteiger charge is -2.32. The summed E-state index contributed by atoms with van der Waals surface area (Å²) in [5, 5.41) is 6.80. The lowest BCUT2D eigenvalue weighted by molar-refractivity contribution is 0.0963. The molecule has 0 radical (unpaired) electrons. The van der Waals surface area contributed by atoms with Crippen LogP contribution in [0.4, 0.5) is 4.79 Å². The zero-order chi connectivity index (χ0) is 16.6. The summed E-state index contributed by atoms with van der Waals surface area (Å²) in [7, 11) is 1.79. The number of amides is 1. The minimum atomic E-state index is -0.200. The number of ether oxygens (including phenoxy) is 1. The summed E-state index contributed by atoms with van der Waals surface area (Å²) in [4.78, 5) is 17.7. The third-order valence-electron chi connectivity index (χ3n) is 3.75. The molecule has 1 rings (SSSR count). The second-order valence-corrected chi connectivity index (χ2v) is 6.91. The first kappa shape index (κ1) is 22.3. The molecule has 0 aromatic heterocycles. The van der Waals surface area contributed by atoms with E-state index in [0.717, 1.165) is 44.9 Å². The summed E-state index contributed by atoms with van der Waals surface area (Å²) >= 11 is 0. The van der Waals surface area contributed by atoms with Gasteiger partial charge in [0.05, 0.1) is 6.61 Å². The van der Waals surface area contributed by atoms with Crippen molar-refractivity contribution in [3.05, 3.63) is 0 Å². The first-order valence-corrected chi connectivity index (χ1v) is 8.24. The molecular formula is C16H33IN4O2. The number of carbonyl (C=O) groups excluding carboxylic acids is 1. The van der Waals surface area contributed by atoms with Crippen LogP contribution < -0.4 is 10.6 Å². The maximum atomic E-state index is 11.7. The largest absolute Gasteiger partial charge is 0.450 e. The van der Waals surface area contributed by atoms with Crippen LogP contribution in [-0.2, 0) is 4.74 Å². The van der Waals surface area contributed by atoms with Crippen molar-refractivity contribution in [2.24, 2.45) is 10.4 Å². The molecule has 2 N–H and O–H groups in total. The van der Waals surface area contributed by atoms with Crippen LogP contribution in [0, 0.1) is 5.41 Å². The Bertz CT molecular complexity index is 375. The summed E-state index contributed by atoms with van der Waals surface area (Å²) < 4.78 is 5.03. The summed E-state index contributed by atoms with van der Waals surface area (Å²) in [6, 6.07) is 0.353. The topological polar surface area (TPSA) is 66.0 Å². The molecule has 1 aliphatic heterocycles. The standard InChI is InChI=1S/C16H32N4O2.HI/c1-6-22-15(21)20-11-7-13(8-12-20)19-14(17-5)18-10-9-16(2,3)4;/h13H,6-12H2,1-5H3,(H2,17,18,19);1H. The van der Waals surface area contributed by atoms with Gasteiger partial charge in [-0.25, -0.2) is 4.79 Å². The van der Waals surface area contributed by atoms with Gasteiger partial charge in [0.2, 0.25) is 0 Å². The van der Waals surface area contributed by atoms with E-state index in [9.17, 15) is 4.79 Å². The van der Waals surface area contributed by atoms with Gasteiger partial charge in [-0.2, -0.15) is 0 Å². The Kier molecular flexibility index (Phi) is 10.6. The van der Waals surface area contributed by atoms with Gasteiger partial charge in [-0.05, 0) is 31.6 Å². The molecule has 1 amide bonds. The zero-order valence-electron chi connectivity index (χ0n) is 15.1. The van der Waals surface area contributed by atoms with Crippen LogP contribution in [0.2, 0.25) is 0 Å². The number of hydrogen-bond acceptors (Lipinski definition) is 3. The van der Waals surface area contributed by atoms with Gasteiger partial charge in [0.25, 0.3) is 0 Å². The number of piperidine rings is 1. The van der Waals surface area contributed by atoms with E-state index in [1.165, 1.54) is 0 Å². The van der Waals surface area contributed by atoms with E-state index in [-0.39, 0.29) is 30.1 Å². The fraction of sp³-hybridized carbons (Fsp3) is 0.875. The molecule has 0 aliphatic carbocycles. The summed E-state index contributed by atoms with van der Waals surface area (Å²) in [5.74, 6) is 0.846. The lowest BCUT2D eigenvalue weighted by atomic mass is 9.92. The van der Waals surface area contributed by atoms with Gasteiger partial charge in [-0.15, -0.1) is 24.0 Å². The van der Waals surface area contributed by atoms with E-state index < -0.39 is 0 Å². The maximum absolute atomic E-state index is 11.7. The van der Waals surface area contributed by atoms with Crippen molar-refractivity contribution in [2.75, 3.05) is 33.3 Å². The molecule has 0 spiro atoms. The van der Waals surface area contributed by atoms with E-state index in [1.54, 1.807) is 11.9 Å². The highest BCUT2D eigenvalue weighted by Crippen LogP contribution is 2.17. The number of halogens is 1. The fourth-order valence-corrected chi connectivity index (χ4v) is 2.37. The predicted octanol–water partition coefficient (Wildman–Crippen LogP) is 2.83. The van der Waals surface area contributed by atoms with Gasteiger partial charge in [0.1, 0.15) is 0 Å². The minimum Gasteiger partial charge on any atom is -0.450 e. The monoisotopic (exact) mass is 440 g/mol. The molecule has 0 atom stereocenters. The quantitative estimate of drug-likeness (QED) is 0.401. The highest BCUT2D eigenvalue weighted by atomic mass is 127. The zero-order valence-corrected chi connectivity index (χ0v) is 17.5. The van der Waals surface area contributed by atoms with Crippen molar-refractivity contribution in [3.8, 4) is 0 Å². The normalized spacial score (nSPS) is 16.6. The number of likely N-dealkylation sites (tertiary alicyclic amines) is 1. The van der Waals surface area contributed by atoms with E-state index >= 15 is 0 Å². The predicted molar refractivity (Wildman–Crippen MR) is 106 cm³/mol. The van der Waals surface area contributed by atoms with Crippen molar-refractivity contribution >= 4 is 36.0 Å². The molecule has 0 aromatic rings. The number of hydrogen-bond donors (Lipinski definition) is 2. The average Bonchev–Trinajstić information content (AvgIpc) is 2.46. The molecule has 1 fully saturated rings. The molecule has 136 valence electrons. The molecule has 0 bridgehead atoms. The van der Waals surface area contributed by atoms with Gasteiger partial charge in [0.15, 0.2) is 5.96 Å². The summed E-state index contributed by atoms with van der Waals surface area (Å²) in [5.41, 5.74) is 0.316. The van der Waals surface area contributed by atoms with Crippen LogP contribution in [0.3, 0.4) is 0 Å². The van der Waals surface area contributed by atoms with Crippen LogP contribution in [0.25, 0.3) is 0 Å². The molecule has 6 nitrogen and oxygen atoms in total. The molecule has 0 saturated carbocycles. The maximum Gasteiger partial charge on any atom is 0.409 e. The molecule has 1 aliphatic rings. The van der Waals surface area contributed by atoms with Crippen LogP contribution in [0.1, 0.15) is 47.0 Å². The van der Waals surface area contributed by atoms with Gasteiger partial charge < -0.3 is 20.3 Å². The number of rotatable bonds is 4. The molecule has 1 saturated heterocycles. The Labute approximate surface area is 157 Å². The Morgan fingerprint density at radius 3 is 2.39 bits per heavy atom. The molecule has 0 aromatic carbocycles. The van der Waals surface area contributed by atoms with Gasteiger partial charge in [0, 0.05) is 32.7 Å². The molecule has 7 heteroatoms. The Hall–Kier alpha value is -0.730. The molecule has 0 unspecified atom stereocenters. The number of nitrogens with one attached hydrogen (secondary N) is 2. The second-order valence-electron chi connectivity index (χ2n) is 6.91. The third-order valence-corrected chi connectivity index (χ3v) is 3.75. The Morgan fingerprint density at radius 1 is 1.30 bits per heavy atom. The third kappa shape index (κ3) is 9.22. The van der Waals surface area contributed by atoms with Crippen LogP contribution >= 0.6 is 24.0 Å². The van der Waals surface area contributed by atoms with Crippen molar-refractivity contribution in [1.82, 2.24) is 15.5 Å². The minimum absolute atomic E-state index is 0. The Morgan fingerprint density at radius 2 is 1.91 bits per heavy atom. The fourth-order valence-electron chi connectivity index (χ4n) is 2.37. The first-order valence-electron chi connectivity index (χ1n) is 8.24. The lowest BCUT2D eigenvalue weighted by Crippen LogP contribution is -2.50. The van der Waals surface area contributed by atoms with E-state index in [4.69, 9.17) is 4.74 Å². The van der Waals surface area contributed by atoms with E-state index in [2.05, 4.69) is 36.4 Å². The first-order chi connectivity index (χ1) is 10.4. The van der Waals surface area contributed by atoms with Crippen molar-refractivity contribution in [3.63, 3.8) is 0 Å². The number of nitrogens with zero attached hydrogens (tertiary/aromatic N) is 2. The van der Waals surface area contributed by atoms with Gasteiger partial charge >= 0.3 is 6.09 Å². The smallest absolute Gasteiger partial charge is 0.409 e. The van der Waals surface area contributed by atoms with Crippen LogP contribution in [-0.4, -0.2) is 56.3 Å². The number of carbonyl (C=O) groups is 1. The number of guanidine groups is 1. The van der Waals surface area contributed by atoms with Crippen LogP contribution in [0.15, 0.2) is 4.99 Å². The van der Waals surface area contributed by atoms with Gasteiger partial charge in [-0.1, -0.05) is 20.8 Å². The Balaban J connectivity index is 0.00000484. The highest BCUT2D eigenvalue weighted by Gasteiger charge is 2.24. The summed E-state index contributed by atoms with van der Waals surface area (Å²) in [6.07, 6.45) is 2.72. The van der Waals surface area contributed by atoms with Crippen molar-refractivity contribution in [2.45, 2.75) is 53.0 Å². The van der Waals surface area contributed by atoms with Crippen molar-refractivity contribution in [1.29, 1.82) is 0 Å². The van der Waals surface area contributed by atoms with Gasteiger partial charge in [-0.3, -0.25) is 4.99 Å². The summed E-state index contributed by atoms with van der Waals surface area (Å²) in [6.45, 7) is 11.3. The van der Waals surface area contributed by atoms with Crippen molar-refractivity contribution < 1.29 is 9.53 Å². The highest BCUT2D eigenvalue weighted by molar-refractivity contribution is 14.0. The number of aliphatic imine (C=N–C) groups is 1. The average molecular weight is 440 g/mol. The molecule has 23 heavy (non-hydrogen) atoms. The SMILES string of the molecule is CCOC(=O)N1CCC(NC(=NC)NCCC(C)(C)C)CC1.I. The molecular weight excluding hydrogens is 407 g/mol.